The third kappa shape index (κ3) is 7.35. The first kappa shape index (κ1) is 28.5. The van der Waals surface area contributed by atoms with Gasteiger partial charge in [0.15, 0.2) is 11.5 Å². The Morgan fingerprint density at radius 1 is 1.03 bits per heavy atom. The van der Waals surface area contributed by atoms with E-state index in [2.05, 4.69) is 5.32 Å². The number of carbonyl (C=O) groups is 2. The summed E-state index contributed by atoms with van der Waals surface area (Å²) in [6.07, 6.45) is 6.16. The molecule has 10 nitrogen and oxygen atoms in total. The first-order chi connectivity index (χ1) is 18.7. The number of nitrogens with zero attached hydrogens (tertiary/aromatic N) is 2. The number of fused-ring (bicyclic) bond motifs is 1. The quantitative estimate of drug-likeness (QED) is 0.476. The number of sulfonamides is 1. The van der Waals surface area contributed by atoms with Crippen molar-refractivity contribution in [1.29, 1.82) is 0 Å². The second kappa shape index (κ2) is 12.6. The predicted octanol–water partition coefficient (Wildman–Crippen LogP) is 3.10. The van der Waals surface area contributed by atoms with Crippen molar-refractivity contribution in [1.82, 2.24) is 10.2 Å². The third-order valence-electron chi connectivity index (χ3n) is 7.12. The molecular formula is C28H37N3O7S. The van der Waals surface area contributed by atoms with Crippen LogP contribution in [0.4, 0.5) is 5.69 Å². The SMILES string of the molecule is COc1ccc(CN(C(=O)CN(c2ccc3c(c2)OCCO3)S(C)(=O)=O)C(C)C(=O)NC2CCCCC2)cc1. The van der Waals surface area contributed by atoms with Gasteiger partial charge in [0.2, 0.25) is 21.8 Å². The van der Waals surface area contributed by atoms with Crippen molar-refractivity contribution in [2.45, 2.75) is 57.7 Å². The Morgan fingerprint density at radius 2 is 1.69 bits per heavy atom. The van der Waals surface area contributed by atoms with Gasteiger partial charge in [-0.1, -0.05) is 31.4 Å². The number of nitrogens with one attached hydrogen (secondary N) is 1. The molecule has 1 atom stereocenters. The van der Waals surface area contributed by atoms with Crippen molar-refractivity contribution in [3.63, 3.8) is 0 Å². The van der Waals surface area contributed by atoms with E-state index in [0.29, 0.717) is 30.5 Å². The first-order valence-corrected chi connectivity index (χ1v) is 15.1. The average Bonchev–Trinajstić information content (AvgIpc) is 2.94. The van der Waals surface area contributed by atoms with E-state index >= 15 is 0 Å². The number of hydrogen-bond acceptors (Lipinski definition) is 7. The van der Waals surface area contributed by atoms with E-state index in [0.717, 1.165) is 48.2 Å². The van der Waals surface area contributed by atoms with Gasteiger partial charge in [-0.3, -0.25) is 13.9 Å². The summed E-state index contributed by atoms with van der Waals surface area (Å²) in [4.78, 5) is 28.5. The minimum Gasteiger partial charge on any atom is -0.497 e. The Morgan fingerprint density at radius 3 is 2.33 bits per heavy atom. The molecule has 1 fully saturated rings. The summed E-state index contributed by atoms with van der Waals surface area (Å²) in [5, 5.41) is 3.09. The molecule has 2 aromatic carbocycles. The van der Waals surface area contributed by atoms with Crippen molar-refractivity contribution < 1.29 is 32.2 Å². The van der Waals surface area contributed by atoms with Gasteiger partial charge in [-0.2, -0.15) is 0 Å². The Kier molecular flexibility index (Phi) is 9.21. The van der Waals surface area contributed by atoms with Gasteiger partial charge in [0.1, 0.15) is 31.5 Å². The van der Waals surface area contributed by atoms with E-state index in [1.165, 1.54) is 4.90 Å². The van der Waals surface area contributed by atoms with Crippen molar-refractivity contribution in [3.8, 4) is 17.2 Å². The molecule has 1 N–H and O–H groups in total. The van der Waals surface area contributed by atoms with Crippen LogP contribution in [0.5, 0.6) is 17.2 Å². The second-order valence-corrected chi connectivity index (χ2v) is 11.9. The van der Waals surface area contributed by atoms with Gasteiger partial charge < -0.3 is 24.4 Å². The molecular weight excluding hydrogens is 522 g/mol. The number of hydrogen-bond donors (Lipinski definition) is 1. The number of rotatable bonds is 10. The van der Waals surface area contributed by atoms with Gasteiger partial charge in [-0.05, 0) is 49.6 Å². The summed E-state index contributed by atoms with van der Waals surface area (Å²) >= 11 is 0. The van der Waals surface area contributed by atoms with Crippen molar-refractivity contribution in [2.75, 3.05) is 37.4 Å². The Hall–Kier alpha value is -3.47. The molecule has 11 heteroatoms. The molecule has 0 saturated heterocycles. The minimum atomic E-state index is -3.85. The lowest BCUT2D eigenvalue weighted by Crippen LogP contribution is -2.52. The van der Waals surface area contributed by atoms with E-state index in [1.807, 2.05) is 12.1 Å². The fourth-order valence-electron chi connectivity index (χ4n) is 4.88. The zero-order valence-electron chi connectivity index (χ0n) is 22.7. The number of carbonyl (C=O) groups excluding carboxylic acids is 2. The third-order valence-corrected chi connectivity index (χ3v) is 8.26. The Labute approximate surface area is 230 Å². The maximum absolute atomic E-state index is 13.8. The normalized spacial score (nSPS) is 16.2. The van der Waals surface area contributed by atoms with E-state index in [1.54, 1.807) is 44.4 Å². The maximum Gasteiger partial charge on any atom is 0.244 e. The summed E-state index contributed by atoms with van der Waals surface area (Å²) in [6.45, 7) is 2.07. The zero-order valence-corrected chi connectivity index (χ0v) is 23.5. The minimum absolute atomic E-state index is 0.0804. The molecule has 0 bridgehead atoms. The molecule has 0 radical (unpaired) electrons. The van der Waals surface area contributed by atoms with Crippen LogP contribution in [0.15, 0.2) is 42.5 Å². The van der Waals surface area contributed by atoms with Crippen molar-refractivity contribution in [2.24, 2.45) is 0 Å². The average molecular weight is 560 g/mol. The molecule has 1 aliphatic carbocycles. The highest BCUT2D eigenvalue weighted by Gasteiger charge is 2.31. The first-order valence-electron chi connectivity index (χ1n) is 13.3. The van der Waals surface area contributed by atoms with E-state index in [9.17, 15) is 18.0 Å². The van der Waals surface area contributed by atoms with E-state index in [-0.39, 0.29) is 24.2 Å². The van der Waals surface area contributed by atoms with E-state index < -0.39 is 28.5 Å². The fourth-order valence-corrected chi connectivity index (χ4v) is 5.72. The molecule has 212 valence electrons. The van der Waals surface area contributed by atoms with Crippen LogP contribution in [-0.2, 0) is 26.2 Å². The molecule has 1 unspecified atom stereocenters. The van der Waals surface area contributed by atoms with Crippen LogP contribution < -0.4 is 23.8 Å². The second-order valence-electron chi connectivity index (χ2n) is 9.99. The smallest absolute Gasteiger partial charge is 0.244 e. The van der Waals surface area contributed by atoms with Gasteiger partial charge >= 0.3 is 0 Å². The van der Waals surface area contributed by atoms with Crippen molar-refractivity contribution in [3.05, 3.63) is 48.0 Å². The molecule has 1 saturated carbocycles. The molecule has 2 aliphatic rings. The van der Waals surface area contributed by atoms with Gasteiger partial charge in [0.05, 0.1) is 19.1 Å². The van der Waals surface area contributed by atoms with Crippen LogP contribution in [0, 0.1) is 0 Å². The van der Waals surface area contributed by atoms with Crippen LogP contribution >= 0.6 is 0 Å². The lowest BCUT2D eigenvalue weighted by molar-refractivity contribution is -0.139. The number of ether oxygens (including phenoxy) is 3. The lowest BCUT2D eigenvalue weighted by atomic mass is 9.95. The molecule has 2 amide bonds. The maximum atomic E-state index is 13.8. The molecule has 2 aromatic rings. The summed E-state index contributed by atoms with van der Waals surface area (Å²) in [5.74, 6) is 0.835. The lowest BCUT2D eigenvalue weighted by Gasteiger charge is -2.33. The van der Waals surface area contributed by atoms with Crippen LogP contribution in [-0.4, -0.2) is 70.3 Å². The molecule has 1 aliphatic heterocycles. The van der Waals surface area contributed by atoms with Gasteiger partial charge in [0, 0.05) is 18.7 Å². The van der Waals surface area contributed by atoms with Gasteiger partial charge in [-0.25, -0.2) is 8.42 Å². The number of methoxy groups -OCH3 is 1. The number of amides is 2. The van der Waals surface area contributed by atoms with Gasteiger partial charge in [0.25, 0.3) is 0 Å². The predicted molar refractivity (Wildman–Crippen MR) is 148 cm³/mol. The van der Waals surface area contributed by atoms with Crippen LogP contribution in [0.1, 0.15) is 44.6 Å². The highest BCUT2D eigenvalue weighted by atomic mass is 32.2. The van der Waals surface area contributed by atoms with Crippen molar-refractivity contribution >= 4 is 27.5 Å². The summed E-state index contributed by atoms with van der Waals surface area (Å²) < 4.78 is 43.1. The molecule has 39 heavy (non-hydrogen) atoms. The highest BCUT2D eigenvalue weighted by Crippen LogP contribution is 2.34. The topological polar surface area (TPSA) is 114 Å². The highest BCUT2D eigenvalue weighted by molar-refractivity contribution is 7.92. The largest absolute Gasteiger partial charge is 0.497 e. The number of anilines is 1. The van der Waals surface area contributed by atoms with Gasteiger partial charge in [-0.15, -0.1) is 0 Å². The summed E-state index contributed by atoms with van der Waals surface area (Å²) in [5.41, 5.74) is 1.06. The summed E-state index contributed by atoms with van der Waals surface area (Å²) in [6, 6.07) is 11.2. The van der Waals surface area contributed by atoms with Crippen LogP contribution in [0.25, 0.3) is 0 Å². The molecule has 0 aromatic heterocycles. The molecule has 0 spiro atoms. The van der Waals surface area contributed by atoms with Crippen LogP contribution in [0.3, 0.4) is 0 Å². The number of benzene rings is 2. The monoisotopic (exact) mass is 559 g/mol. The van der Waals surface area contributed by atoms with Crippen LogP contribution in [0.2, 0.25) is 0 Å². The van der Waals surface area contributed by atoms with E-state index in [4.69, 9.17) is 14.2 Å². The zero-order chi connectivity index (χ0) is 28.0. The fraction of sp³-hybridized carbons (Fsp3) is 0.500. The summed E-state index contributed by atoms with van der Waals surface area (Å²) in [7, 11) is -2.28. The Balaban J connectivity index is 1.59. The Bertz CT molecular complexity index is 1260. The standard InChI is InChI=1S/C28H37N3O7S/c1-20(28(33)29-22-7-5-4-6-8-22)30(18-21-9-12-24(36-2)13-10-21)27(32)19-31(39(3,34)35)23-11-14-25-26(17-23)38-16-15-37-25/h9-14,17,20,22H,4-8,15-16,18-19H2,1-3H3,(H,29,33). The molecule has 1 heterocycles. The molecule has 4 rings (SSSR count).